The number of carbonyl (C=O) groups excluding carboxylic acids is 3. The van der Waals surface area contributed by atoms with Gasteiger partial charge in [-0.2, -0.15) is 4.31 Å². The van der Waals surface area contributed by atoms with Gasteiger partial charge in [0, 0.05) is 31.3 Å². The van der Waals surface area contributed by atoms with Crippen molar-refractivity contribution in [3.05, 3.63) is 12.7 Å². The van der Waals surface area contributed by atoms with E-state index in [1.807, 2.05) is 0 Å². The fraction of sp³-hybridized carbons (Fsp3) is 0.654. The molecule has 2 unspecified atom stereocenters. The molecule has 0 saturated carbocycles. The van der Waals surface area contributed by atoms with Crippen molar-refractivity contribution in [1.29, 1.82) is 0 Å². The molecule has 26 nitrogen and oxygen atoms in total. The van der Waals surface area contributed by atoms with E-state index in [-0.39, 0.29) is 49.3 Å². The third-order valence-electron chi connectivity index (χ3n) is 7.85. The zero-order valence-electron chi connectivity index (χ0n) is 29.3. The molecule has 29 heteroatoms. The molecule has 3 heterocycles. The second-order valence-electron chi connectivity index (χ2n) is 12.7. The van der Waals surface area contributed by atoms with Gasteiger partial charge in [0.25, 0.3) is 0 Å². The second kappa shape index (κ2) is 18.7. The summed E-state index contributed by atoms with van der Waals surface area (Å²) in [5.41, 5.74) is 4.19. The standard InChI is InChI=1S/C26H42N7O19P3/c1-13(25(39)40)14(34)5-4-7-28-16(35)6-8-29-23(38)20(37)26(2,3)10-49-55(46,47)52-54(44,45)48-9-15-19(51-53(41,42)43)18(36)24(50-15)33-12-32-17-21(27)30-11-31-22(17)33/h11-13,15,18-20,24,36-37H,4-10H2,1-3H3,(H,28,35)(H,29,38)(H,39,40)(H,44,45)(H,46,47)(H2,27,30,31)(H2,41,42,43)/t13-,15+,18+,19+,20-,24+/m0/s1. The maximum absolute atomic E-state index is 12.6. The fourth-order valence-electron chi connectivity index (χ4n) is 4.78. The third kappa shape index (κ3) is 13.4. The van der Waals surface area contributed by atoms with Gasteiger partial charge in [0.05, 0.1) is 19.5 Å². The van der Waals surface area contributed by atoms with Crippen LogP contribution in [-0.4, -0.2) is 129 Å². The largest absolute Gasteiger partial charge is 0.481 e. The van der Waals surface area contributed by atoms with E-state index < -0.39 is 102 Å². The summed E-state index contributed by atoms with van der Waals surface area (Å²) in [4.78, 5) is 97.8. The summed E-state index contributed by atoms with van der Waals surface area (Å²) < 4.78 is 61.9. The number of amides is 2. The fourth-order valence-corrected chi connectivity index (χ4v) is 7.61. The number of aliphatic hydroxyl groups is 2. The summed E-state index contributed by atoms with van der Waals surface area (Å²) in [5, 5.41) is 35.0. The number of nitrogen functional groups attached to an aromatic ring is 1. The van der Waals surface area contributed by atoms with E-state index in [1.165, 1.54) is 20.8 Å². The highest BCUT2D eigenvalue weighted by molar-refractivity contribution is 7.61. The maximum atomic E-state index is 12.6. The summed E-state index contributed by atoms with van der Waals surface area (Å²) in [5.74, 6) is -4.54. The van der Waals surface area contributed by atoms with E-state index in [1.54, 1.807) is 0 Å². The van der Waals surface area contributed by atoms with Crippen molar-refractivity contribution in [3.63, 3.8) is 0 Å². The molecule has 1 aliphatic heterocycles. The normalized spacial score (nSPS) is 22.3. The minimum atomic E-state index is -5.59. The van der Waals surface area contributed by atoms with E-state index in [0.717, 1.165) is 17.2 Å². The predicted molar refractivity (Wildman–Crippen MR) is 181 cm³/mol. The highest BCUT2D eigenvalue weighted by Gasteiger charge is 2.50. The number of rotatable bonds is 22. The van der Waals surface area contributed by atoms with Gasteiger partial charge in [-0.3, -0.25) is 37.3 Å². The molecule has 3 rings (SSSR count). The van der Waals surface area contributed by atoms with Crippen molar-refractivity contribution >= 4 is 64.0 Å². The van der Waals surface area contributed by atoms with Gasteiger partial charge in [0.2, 0.25) is 11.8 Å². The number of hydrogen-bond donors (Lipinski definition) is 10. The molecular weight excluding hydrogens is 807 g/mol. The van der Waals surface area contributed by atoms with Crippen LogP contribution in [-0.2, 0) is 55.5 Å². The molecule has 1 saturated heterocycles. The van der Waals surface area contributed by atoms with E-state index in [4.69, 9.17) is 24.6 Å². The molecule has 0 aromatic carbocycles. The summed E-state index contributed by atoms with van der Waals surface area (Å²) in [6.45, 7) is 1.42. The molecule has 310 valence electrons. The number of phosphoric ester groups is 3. The number of nitrogens with one attached hydrogen (secondary N) is 2. The van der Waals surface area contributed by atoms with Crippen molar-refractivity contribution in [3.8, 4) is 0 Å². The van der Waals surface area contributed by atoms with Gasteiger partial charge in [-0.1, -0.05) is 13.8 Å². The van der Waals surface area contributed by atoms with Crippen LogP contribution in [0.25, 0.3) is 11.2 Å². The van der Waals surface area contributed by atoms with Gasteiger partial charge < -0.3 is 56.0 Å². The number of anilines is 1. The average molecular weight is 850 g/mol. The Hall–Kier alpha value is -3.32. The van der Waals surface area contributed by atoms with Crippen LogP contribution in [0.15, 0.2) is 12.7 Å². The second-order valence-corrected chi connectivity index (χ2v) is 16.9. The molecule has 55 heavy (non-hydrogen) atoms. The van der Waals surface area contributed by atoms with Crippen LogP contribution < -0.4 is 16.4 Å². The number of carbonyl (C=O) groups is 4. The van der Waals surface area contributed by atoms with Gasteiger partial charge in [-0.25, -0.2) is 28.6 Å². The average Bonchev–Trinajstić information content (AvgIpc) is 3.64. The number of ketones is 1. The number of ether oxygens (including phenoxy) is 1. The first-order valence-corrected chi connectivity index (χ1v) is 20.5. The quantitative estimate of drug-likeness (QED) is 0.0365. The molecule has 0 spiro atoms. The van der Waals surface area contributed by atoms with Crippen molar-refractivity contribution in [2.75, 3.05) is 32.0 Å². The molecule has 11 N–H and O–H groups in total. The number of hydrogen-bond acceptors (Lipinski definition) is 18. The Bertz CT molecular complexity index is 1860. The maximum Gasteiger partial charge on any atom is 0.481 e. The number of aliphatic hydroxyl groups excluding tert-OH is 2. The lowest BCUT2D eigenvalue weighted by atomic mass is 9.87. The Morgan fingerprint density at radius 1 is 1.02 bits per heavy atom. The Morgan fingerprint density at radius 2 is 1.67 bits per heavy atom. The Morgan fingerprint density at radius 3 is 2.31 bits per heavy atom. The number of carboxylic acid groups (broad SMARTS) is 1. The van der Waals surface area contributed by atoms with Crippen LogP contribution in [0.2, 0.25) is 0 Å². The number of imidazole rings is 1. The van der Waals surface area contributed by atoms with Crippen LogP contribution in [0.3, 0.4) is 0 Å². The van der Waals surface area contributed by atoms with Gasteiger partial charge in [0.1, 0.15) is 48.0 Å². The number of fused-ring (bicyclic) bond motifs is 1. The zero-order valence-corrected chi connectivity index (χ0v) is 32.0. The van der Waals surface area contributed by atoms with Gasteiger partial charge in [0.15, 0.2) is 17.7 Å². The number of aliphatic carboxylic acids is 1. The van der Waals surface area contributed by atoms with E-state index in [2.05, 4.69) is 34.4 Å². The highest BCUT2D eigenvalue weighted by Crippen LogP contribution is 2.61. The molecule has 1 aliphatic rings. The Labute approximate surface area is 311 Å². The molecule has 2 aromatic rings. The van der Waals surface area contributed by atoms with Crippen molar-refractivity contribution in [2.24, 2.45) is 11.3 Å². The Balaban J connectivity index is 1.50. The molecule has 1 fully saturated rings. The molecule has 0 bridgehead atoms. The lowest BCUT2D eigenvalue weighted by Crippen LogP contribution is -2.46. The molecule has 0 aliphatic carbocycles. The molecule has 8 atom stereocenters. The summed E-state index contributed by atoms with van der Waals surface area (Å²) >= 11 is 0. The molecular formula is C26H42N7O19P3. The first-order chi connectivity index (χ1) is 25.3. The first-order valence-electron chi connectivity index (χ1n) is 16.0. The third-order valence-corrected chi connectivity index (χ3v) is 11.0. The molecule has 2 aromatic heterocycles. The van der Waals surface area contributed by atoms with Gasteiger partial charge in [-0.05, 0) is 13.3 Å². The van der Waals surface area contributed by atoms with Crippen molar-refractivity contribution in [1.82, 2.24) is 30.2 Å². The van der Waals surface area contributed by atoms with E-state index in [9.17, 15) is 62.7 Å². The zero-order chi connectivity index (χ0) is 41.5. The topological polar surface area (TPSA) is 401 Å². The van der Waals surface area contributed by atoms with Crippen LogP contribution in [0.4, 0.5) is 5.82 Å². The van der Waals surface area contributed by atoms with Crippen LogP contribution in [0.1, 0.15) is 46.3 Å². The summed E-state index contributed by atoms with van der Waals surface area (Å²) in [6.07, 6.45) is -6.99. The summed E-state index contributed by atoms with van der Waals surface area (Å²) in [6, 6.07) is 0. The van der Waals surface area contributed by atoms with Crippen LogP contribution in [0.5, 0.6) is 0 Å². The SMILES string of the molecule is C[C@H](C(=O)O)C(=O)CCCNC(=O)CCNC(=O)[C@H](O)C(C)(C)COP(=O)(O)OP(=O)(O)OC[C@H]1O[C@@H](n2cnc3c(N)ncnc32)[C@H](O)[C@@H]1OP(=O)(O)O. The summed E-state index contributed by atoms with van der Waals surface area (Å²) in [7, 11) is -16.4. The minimum absolute atomic E-state index is 0.0189. The number of carboxylic acids is 1. The number of Topliss-reactive ketones (excluding diaryl/α,β-unsaturated/α-hetero) is 1. The van der Waals surface area contributed by atoms with Crippen LogP contribution in [0, 0.1) is 11.3 Å². The number of aromatic nitrogens is 4. The minimum Gasteiger partial charge on any atom is -0.481 e. The number of phosphoric acid groups is 3. The smallest absolute Gasteiger partial charge is 0.481 e. The van der Waals surface area contributed by atoms with E-state index >= 15 is 0 Å². The molecule has 2 amide bonds. The lowest BCUT2D eigenvalue weighted by Gasteiger charge is -2.30. The van der Waals surface area contributed by atoms with Crippen LogP contribution >= 0.6 is 23.5 Å². The highest BCUT2D eigenvalue weighted by atomic mass is 31.3. The molecule has 0 radical (unpaired) electrons. The van der Waals surface area contributed by atoms with Crippen molar-refractivity contribution < 1.29 is 90.4 Å². The number of nitrogens with zero attached hydrogens (tertiary/aromatic N) is 4. The monoisotopic (exact) mass is 849 g/mol. The first kappa shape index (κ1) is 46.1. The Kier molecular flexibility index (Phi) is 15.7. The van der Waals surface area contributed by atoms with E-state index in [0.29, 0.717) is 0 Å². The predicted octanol–water partition coefficient (Wildman–Crippen LogP) is -1.53. The lowest BCUT2D eigenvalue weighted by molar-refractivity contribution is -0.145. The van der Waals surface area contributed by atoms with Gasteiger partial charge in [-0.15, -0.1) is 0 Å². The van der Waals surface area contributed by atoms with Gasteiger partial charge >= 0.3 is 29.4 Å². The van der Waals surface area contributed by atoms with Crippen molar-refractivity contribution in [2.45, 2.75) is 70.7 Å². The number of nitrogens with two attached hydrogens (primary N) is 1.